The van der Waals surface area contributed by atoms with Crippen LogP contribution in [-0.2, 0) is 14.3 Å². The van der Waals surface area contributed by atoms with Crippen LogP contribution < -0.4 is 5.32 Å². The van der Waals surface area contributed by atoms with Crippen LogP contribution in [0.1, 0.15) is 67.7 Å². The summed E-state index contributed by atoms with van der Waals surface area (Å²) in [6, 6.07) is -0.644. The van der Waals surface area contributed by atoms with Gasteiger partial charge in [-0.3, -0.25) is 0 Å². The Morgan fingerprint density at radius 3 is 1.91 bits per heavy atom. The Morgan fingerprint density at radius 2 is 1.45 bits per heavy atom. The number of unbranched alkanes of at least 4 members (excludes halogenated alkanes) is 1. The molecule has 1 unspecified atom stereocenters. The first-order valence-corrected chi connectivity index (χ1v) is 8.04. The maximum Gasteiger partial charge on any atom is 0.407 e. The molecule has 0 saturated heterocycles. The van der Waals surface area contributed by atoms with Crippen LogP contribution in [0.25, 0.3) is 0 Å². The summed E-state index contributed by atoms with van der Waals surface area (Å²) in [6.07, 6.45) is 1.78. The van der Waals surface area contributed by atoms with Crippen molar-refractivity contribution >= 4 is 12.1 Å². The highest BCUT2D eigenvalue weighted by atomic mass is 16.6. The number of nitrogens with one attached hydrogen (secondary N) is 1. The lowest BCUT2D eigenvalue weighted by Crippen LogP contribution is -2.43. The fourth-order valence-corrected chi connectivity index (χ4v) is 1.51. The van der Waals surface area contributed by atoms with Crippen molar-refractivity contribution in [2.75, 3.05) is 13.2 Å². The van der Waals surface area contributed by atoms with Gasteiger partial charge in [0, 0.05) is 0 Å². The number of esters is 1. The molecule has 0 aliphatic rings. The minimum atomic E-state index is -0.644. The second-order valence-electron chi connectivity index (χ2n) is 8.14. The highest BCUT2D eigenvalue weighted by molar-refractivity contribution is 5.81. The van der Waals surface area contributed by atoms with Crippen molar-refractivity contribution in [1.82, 2.24) is 5.32 Å². The van der Waals surface area contributed by atoms with Crippen LogP contribution >= 0.6 is 0 Å². The smallest absolute Gasteiger partial charge is 0.407 e. The number of amides is 1. The highest BCUT2D eigenvalue weighted by Gasteiger charge is 2.25. The van der Waals surface area contributed by atoms with Crippen molar-refractivity contribution in [3.8, 4) is 0 Å². The van der Waals surface area contributed by atoms with Crippen molar-refractivity contribution in [2.45, 2.75) is 73.8 Å². The minimum Gasteiger partial charge on any atom is -0.464 e. The van der Waals surface area contributed by atoms with E-state index in [0.29, 0.717) is 19.6 Å². The fraction of sp³-hybridized carbons (Fsp3) is 0.882. The summed E-state index contributed by atoms with van der Waals surface area (Å²) in [5.74, 6) is -0.393. The molecule has 0 aromatic heterocycles. The lowest BCUT2D eigenvalue weighted by molar-refractivity contribution is -0.149. The van der Waals surface area contributed by atoms with Gasteiger partial charge in [-0.2, -0.15) is 0 Å². The van der Waals surface area contributed by atoms with Crippen molar-refractivity contribution in [2.24, 2.45) is 10.8 Å². The maximum absolute atomic E-state index is 12.1. The van der Waals surface area contributed by atoms with E-state index in [-0.39, 0.29) is 10.8 Å². The summed E-state index contributed by atoms with van der Waals surface area (Å²) in [5, 5.41) is 2.62. The zero-order valence-electron chi connectivity index (χ0n) is 15.2. The van der Waals surface area contributed by atoms with Crippen LogP contribution in [0.15, 0.2) is 0 Å². The van der Waals surface area contributed by atoms with Gasteiger partial charge in [-0.25, -0.2) is 9.59 Å². The van der Waals surface area contributed by atoms with E-state index in [4.69, 9.17) is 9.47 Å². The van der Waals surface area contributed by atoms with Crippen molar-refractivity contribution in [3.63, 3.8) is 0 Å². The largest absolute Gasteiger partial charge is 0.464 e. The summed E-state index contributed by atoms with van der Waals surface area (Å²) >= 11 is 0. The van der Waals surface area contributed by atoms with Crippen molar-refractivity contribution in [3.05, 3.63) is 0 Å². The van der Waals surface area contributed by atoms with Crippen LogP contribution in [0.2, 0.25) is 0 Å². The maximum atomic E-state index is 12.1. The van der Waals surface area contributed by atoms with Crippen LogP contribution in [0, 0.1) is 10.8 Å². The van der Waals surface area contributed by atoms with Crippen LogP contribution in [0.5, 0.6) is 0 Å². The fourth-order valence-electron chi connectivity index (χ4n) is 1.51. The van der Waals surface area contributed by atoms with Crippen molar-refractivity contribution in [1.29, 1.82) is 0 Å². The Labute approximate surface area is 135 Å². The van der Waals surface area contributed by atoms with Gasteiger partial charge >= 0.3 is 12.1 Å². The number of carbonyl (C=O) groups excluding carboxylic acids is 2. The van der Waals surface area contributed by atoms with Crippen LogP contribution in [0.4, 0.5) is 4.79 Å². The molecule has 0 rings (SSSR count). The van der Waals surface area contributed by atoms with Gasteiger partial charge in [0.25, 0.3) is 0 Å². The summed E-state index contributed by atoms with van der Waals surface area (Å²) in [7, 11) is 0. The lowest BCUT2D eigenvalue weighted by Gasteiger charge is -2.23. The molecule has 22 heavy (non-hydrogen) atoms. The summed E-state index contributed by atoms with van der Waals surface area (Å²) in [5.41, 5.74) is -0.208. The second kappa shape index (κ2) is 9.01. The Bertz CT molecular complexity index is 353. The molecule has 0 aromatic rings. The summed E-state index contributed by atoms with van der Waals surface area (Å²) in [6.45, 7) is 14.6. The molecule has 1 atom stereocenters. The number of carbonyl (C=O) groups is 2. The van der Waals surface area contributed by atoms with E-state index in [1.54, 1.807) is 0 Å². The number of hydrogen-bond donors (Lipinski definition) is 1. The van der Waals surface area contributed by atoms with Crippen LogP contribution in [0.3, 0.4) is 0 Å². The van der Waals surface area contributed by atoms with E-state index in [0.717, 1.165) is 12.8 Å². The molecule has 0 spiro atoms. The Balaban J connectivity index is 4.49. The molecule has 0 saturated carbocycles. The average molecular weight is 315 g/mol. The third-order valence-corrected chi connectivity index (χ3v) is 2.71. The number of rotatable bonds is 7. The Hall–Kier alpha value is -1.26. The number of hydrogen-bond acceptors (Lipinski definition) is 4. The van der Waals surface area contributed by atoms with E-state index < -0.39 is 18.1 Å². The topological polar surface area (TPSA) is 64.6 Å². The zero-order valence-corrected chi connectivity index (χ0v) is 15.2. The summed E-state index contributed by atoms with van der Waals surface area (Å²) in [4.78, 5) is 24.0. The van der Waals surface area contributed by atoms with Gasteiger partial charge in [0.15, 0.2) is 0 Å². The lowest BCUT2D eigenvalue weighted by atomic mass is 9.98. The standard InChI is InChI=1S/C17H33NO4/c1-8-9-10-13(14(19)21-11-16(2,3)4)18-15(20)22-12-17(5,6)7/h13H,8-12H2,1-7H3,(H,18,20). The van der Waals surface area contributed by atoms with Gasteiger partial charge in [0.2, 0.25) is 0 Å². The second-order valence-corrected chi connectivity index (χ2v) is 8.14. The van der Waals surface area contributed by atoms with Gasteiger partial charge < -0.3 is 14.8 Å². The molecular formula is C17H33NO4. The molecule has 1 amide bonds. The van der Waals surface area contributed by atoms with E-state index in [9.17, 15) is 9.59 Å². The van der Waals surface area contributed by atoms with Gasteiger partial charge in [-0.1, -0.05) is 61.3 Å². The molecule has 0 aromatic carbocycles. The molecule has 5 nitrogen and oxygen atoms in total. The molecular weight excluding hydrogens is 282 g/mol. The predicted octanol–water partition coefficient (Wildman–Crippen LogP) is 3.91. The van der Waals surface area contributed by atoms with E-state index in [1.165, 1.54) is 0 Å². The molecule has 1 N–H and O–H groups in total. The molecule has 0 heterocycles. The molecule has 5 heteroatoms. The third-order valence-electron chi connectivity index (χ3n) is 2.71. The van der Waals surface area contributed by atoms with E-state index in [2.05, 4.69) is 5.32 Å². The first-order chi connectivity index (χ1) is 9.94. The molecule has 0 bridgehead atoms. The van der Waals surface area contributed by atoms with Gasteiger partial charge in [0.05, 0.1) is 13.2 Å². The van der Waals surface area contributed by atoms with Gasteiger partial charge in [0.1, 0.15) is 6.04 Å². The Morgan fingerprint density at radius 1 is 0.955 bits per heavy atom. The average Bonchev–Trinajstić information content (AvgIpc) is 2.36. The first kappa shape index (κ1) is 20.7. The van der Waals surface area contributed by atoms with Crippen LogP contribution in [-0.4, -0.2) is 31.3 Å². The molecule has 0 aliphatic carbocycles. The Kier molecular flexibility index (Phi) is 8.49. The van der Waals surface area contributed by atoms with Gasteiger partial charge in [-0.05, 0) is 17.3 Å². The van der Waals surface area contributed by atoms with E-state index >= 15 is 0 Å². The molecule has 0 radical (unpaired) electrons. The quantitative estimate of drug-likeness (QED) is 0.723. The van der Waals surface area contributed by atoms with E-state index in [1.807, 2.05) is 48.5 Å². The monoisotopic (exact) mass is 315 g/mol. The zero-order chi connectivity index (χ0) is 17.4. The van der Waals surface area contributed by atoms with Crippen molar-refractivity contribution < 1.29 is 19.1 Å². The first-order valence-electron chi connectivity index (χ1n) is 8.04. The van der Waals surface area contributed by atoms with Gasteiger partial charge in [-0.15, -0.1) is 0 Å². The number of ether oxygens (including phenoxy) is 2. The number of alkyl carbamates (subject to hydrolysis) is 1. The minimum absolute atomic E-state index is 0.0995. The third kappa shape index (κ3) is 11.4. The molecule has 0 aliphatic heterocycles. The predicted molar refractivity (Wildman–Crippen MR) is 87.7 cm³/mol. The highest BCUT2D eigenvalue weighted by Crippen LogP contribution is 2.15. The molecule has 0 fully saturated rings. The normalized spacial score (nSPS) is 13.4. The summed E-state index contributed by atoms with van der Waals surface area (Å²) < 4.78 is 10.5. The SMILES string of the molecule is CCCCC(NC(=O)OCC(C)(C)C)C(=O)OCC(C)(C)C. The molecule has 130 valence electrons.